The van der Waals surface area contributed by atoms with Gasteiger partial charge in [0.2, 0.25) is 12.3 Å². The van der Waals surface area contributed by atoms with Crippen LogP contribution in [0.3, 0.4) is 0 Å². The Morgan fingerprint density at radius 1 is 1.29 bits per heavy atom. The average molecular weight is 585 g/mol. The zero-order valence-corrected chi connectivity index (χ0v) is 24.7. The lowest BCUT2D eigenvalue weighted by Crippen LogP contribution is -2.47. The zero-order chi connectivity index (χ0) is 29.8. The second-order valence-corrected chi connectivity index (χ2v) is 11.2. The first-order chi connectivity index (χ1) is 19.7. The Morgan fingerprint density at radius 3 is 2.59 bits per heavy atom. The van der Waals surface area contributed by atoms with Crippen molar-refractivity contribution in [2.45, 2.75) is 57.7 Å². The minimum absolute atomic E-state index is 0.0528. The molecule has 4 unspecified atom stereocenters. The number of likely N-dealkylation sites (tertiary alicyclic amines) is 1. The quantitative estimate of drug-likeness (QED) is 0.158. The van der Waals surface area contributed by atoms with Gasteiger partial charge in [-0.3, -0.25) is 14.4 Å². The van der Waals surface area contributed by atoms with Crippen molar-refractivity contribution in [3.05, 3.63) is 41.0 Å². The van der Waals surface area contributed by atoms with E-state index in [4.69, 9.17) is 10.5 Å². The molecule has 4 N–H and O–H groups in total. The van der Waals surface area contributed by atoms with Crippen LogP contribution in [0, 0.1) is 30.6 Å². The van der Waals surface area contributed by atoms with Crippen LogP contribution in [0.15, 0.2) is 29.8 Å². The number of nitrogens with two attached hydrogens (primary N) is 1. The van der Waals surface area contributed by atoms with Gasteiger partial charge >= 0.3 is 5.97 Å². The molecule has 2 heterocycles. The molecule has 2 aromatic rings. The zero-order valence-electron chi connectivity index (χ0n) is 23.9. The summed E-state index contributed by atoms with van der Waals surface area (Å²) in [6, 6.07) is 6.78. The molecule has 41 heavy (non-hydrogen) atoms. The first-order valence-corrected chi connectivity index (χ1v) is 14.7. The number of benzene rings is 1. The number of aryl methyl sites for hydroxylation is 1. The Hall–Kier alpha value is -3.30. The molecule has 1 aromatic carbocycles. The molecule has 4 rings (SSSR count). The summed E-state index contributed by atoms with van der Waals surface area (Å²) in [4.78, 5) is 41.2. The maximum absolute atomic E-state index is 12.1. The predicted octanol–water partition coefficient (Wildman–Crippen LogP) is 2.44. The van der Waals surface area contributed by atoms with Crippen LogP contribution in [0.25, 0.3) is 10.4 Å². The molecule has 10 nitrogen and oxygen atoms in total. The van der Waals surface area contributed by atoms with Crippen molar-refractivity contribution in [2.75, 3.05) is 33.4 Å². The number of amides is 2. The molecule has 1 saturated heterocycles. The molecule has 0 radical (unpaired) electrons. The minimum atomic E-state index is -0.573. The summed E-state index contributed by atoms with van der Waals surface area (Å²) in [7, 11) is 1.33. The topological polar surface area (TPSA) is 144 Å². The molecule has 1 aliphatic carbocycles. The summed E-state index contributed by atoms with van der Waals surface area (Å²) in [5.41, 5.74) is 10.7. The number of ether oxygens (including phenoxy) is 2. The van der Waals surface area contributed by atoms with Crippen molar-refractivity contribution >= 4 is 29.6 Å². The number of hydrogen-bond donors (Lipinski definition) is 3. The number of rotatable bonds is 11. The van der Waals surface area contributed by atoms with Crippen LogP contribution >= 0.6 is 11.3 Å². The number of nitrogens with zero attached hydrogens (tertiary/aromatic N) is 2. The molecule has 0 spiro atoms. The van der Waals surface area contributed by atoms with E-state index in [0.717, 1.165) is 21.7 Å². The summed E-state index contributed by atoms with van der Waals surface area (Å²) in [5.74, 6) is 6.19. The van der Waals surface area contributed by atoms with E-state index in [9.17, 15) is 19.5 Å². The summed E-state index contributed by atoms with van der Waals surface area (Å²) in [6.07, 6.45) is 3.35. The van der Waals surface area contributed by atoms with Crippen LogP contribution in [0.4, 0.5) is 0 Å². The van der Waals surface area contributed by atoms with Crippen LogP contribution in [0.5, 0.6) is 0 Å². The highest BCUT2D eigenvalue weighted by Crippen LogP contribution is 2.29. The molecular formula is C30H40N4O6S. The van der Waals surface area contributed by atoms with Gasteiger partial charge in [-0.1, -0.05) is 43.0 Å². The minimum Gasteiger partial charge on any atom is -0.469 e. The van der Waals surface area contributed by atoms with E-state index in [2.05, 4.69) is 26.9 Å². The van der Waals surface area contributed by atoms with Gasteiger partial charge in [0, 0.05) is 24.9 Å². The van der Waals surface area contributed by atoms with Gasteiger partial charge in [0.25, 0.3) is 0 Å². The highest BCUT2D eigenvalue weighted by molar-refractivity contribution is 7.13. The lowest BCUT2D eigenvalue weighted by molar-refractivity contribution is -0.141. The highest BCUT2D eigenvalue weighted by atomic mass is 32.1. The van der Waals surface area contributed by atoms with Gasteiger partial charge in [-0.15, -0.1) is 11.3 Å². The van der Waals surface area contributed by atoms with Crippen molar-refractivity contribution in [2.24, 2.45) is 17.6 Å². The molecule has 2 fully saturated rings. The van der Waals surface area contributed by atoms with Crippen LogP contribution in [0.1, 0.15) is 49.9 Å². The van der Waals surface area contributed by atoms with Crippen molar-refractivity contribution in [3.8, 4) is 22.3 Å². The summed E-state index contributed by atoms with van der Waals surface area (Å²) < 4.78 is 10.1. The fourth-order valence-corrected chi connectivity index (χ4v) is 5.07. The van der Waals surface area contributed by atoms with Gasteiger partial charge in [0.1, 0.15) is 6.61 Å². The predicted molar refractivity (Wildman–Crippen MR) is 157 cm³/mol. The Bertz CT molecular complexity index is 1200. The molecule has 2 amide bonds. The number of aliphatic hydroxyl groups is 1. The van der Waals surface area contributed by atoms with Crippen molar-refractivity contribution in [1.82, 2.24) is 15.2 Å². The monoisotopic (exact) mass is 584 g/mol. The van der Waals surface area contributed by atoms with E-state index in [1.807, 2.05) is 43.6 Å². The van der Waals surface area contributed by atoms with Crippen LogP contribution in [-0.2, 0) is 23.9 Å². The van der Waals surface area contributed by atoms with Gasteiger partial charge in [-0.2, -0.15) is 0 Å². The molecule has 11 heteroatoms. The third-order valence-corrected chi connectivity index (χ3v) is 7.98. The number of aromatic nitrogens is 1. The second-order valence-electron chi connectivity index (χ2n) is 10.3. The SMILES string of the molecule is CC(COCC#CC1CC1)C(N)C(=O)N1CCC(O)C1.COC(=O)CC(NC=O)c1ccc(-c2scnc2C)cc1. The number of β-amino-alcohol motifs (C(OH)–C–C–N with tert-alkyl or cyclic N) is 1. The fourth-order valence-electron chi connectivity index (χ4n) is 4.26. The number of nitrogens with one attached hydrogen (secondary N) is 1. The smallest absolute Gasteiger partial charge is 0.307 e. The van der Waals surface area contributed by atoms with Gasteiger partial charge in [0.05, 0.1) is 54.4 Å². The number of hydrogen-bond acceptors (Lipinski definition) is 9. The van der Waals surface area contributed by atoms with Crippen LogP contribution in [-0.4, -0.2) is 78.8 Å². The second kappa shape index (κ2) is 16.2. The maximum Gasteiger partial charge on any atom is 0.307 e. The lowest BCUT2D eigenvalue weighted by atomic mass is 10.0. The highest BCUT2D eigenvalue weighted by Gasteiger charge is 2.30. The van der Waals surface area contributed by atoms with Gasteiger partial charge in [0.15, 0.2) is 0 Å². The van der Waals surface area contributed by atoms with Gasteiger partial charge in [-0.05, 0) is 37.3 Å². The van der Waals surface area contributed by atoms with Crippen LogP contribution in [0.2, 0.25) is 0 Å². The molecule has 1 saturated carbocycles. The Balaban J connectivity index is 0.000000226. The number of carbonyl (C=O) groups excluding carboxylic acids is 3. The van der Waals surface area contributed by atoms with E-state index < -0.39 is 12.1 Å². The average Bonchev–Trinajstić information content (AvgIpc) is 3.54. The van der Waals surface area contributed by atoms with E-state index in [-0.39, 0.29) is 30.3 Å². The van der Waals surface area contributed by atoms with Crippen molar-refractivity contribution < 1.29 is 29.0 Å². The number of aliphatic hydroxyl groups excluding tert-OH is 1. The number of thiazole rings is 1. The van der Waals surface area contributed by atoms with Crippen LogP contribution < -0.4 is 11.1 Å². The Labute approximate surface area is 245 Å². The molecule has 2 aliphatic rings. The number of methoxy groups -OCH3 is 1. The first kappa shape index (κ1) is 32.2. The number of esters is 1. The fraction of sp³-hybridized carbons (Fsp3) is 0.533. The Kier molecular flexibility index (Phi) is 12.7. The van der Waals surface area contributed by atoms with E-state index in [1.165, 1.54) is 20.0 Å². The lowest BCUT2D eigenvalue weighted by Gasteiger charge is -2.24. The third-order valence-electron chi connectivity index (χ3n) is 7.00. The standard InChI is InChI=1S/C15H16N2O3S.C15H24N2O3/c1-10-15(21-9-17-10)12-5-3-11(4-6-12)13(16-8-18)7-14(19)20-2;1-11(10-20-8-2-3-12-4-5-12)14(16)15(19)17-7-6-13(18)9-17/h3-6,8-9,13H,7H2,1-2H3,(H,16,18);11-14,18H,4-10,16H2,1H3. The van der Waals surface area contributed by atoms with E-state index in [1.54, 1.807) is 16.2 Å². The molecule has 1 aliphatic heterocycles. The largest absolute Gasteiger partial charge is 0.469 e. The number of carbonyl (C=O) groups is 3. The normalized spacial score (nSPS) is 18.2. The molecular weight excluding hydrogens is 544 g/mol. The third kappa shape index (κ3) is 10.2. The van der Waals surface area contributed by atoms with E-state index in [0.29, 0.717) is 45.1 Å². The Morgan fingerprint density at radius 2 is 2.02 bits per heavy atom. The molecule has 0 bridgehead atoms. The molecule has 222 valence electrons. The summed E-state index contributed by atoms with van der Waals surface area (Å²) in [5, 5.41) is 12.1. The van der Waals surface area contributed by atoms with Gasteiger partial charge in [-0.25, -0.2) is 4.98 Å². The first-order valence-electron chi connectivity index (χ1n) is 13.8. The van der Waals surface area contributed by atoms with Gasteiger partial charge < -0.3 is 30.5 Å². The van der Waals surface area contributed by atoms with Crippen molar-refractivity contribution in [3.63, 3.8) is 0 Å². The van der Waals surface area contributed by atoms with Crippen molar-refractivity contribution in [1.29, 1.82) is 0 Å². The maximum atomic E-state index is 12.1. The molecule has 4 atom stereocenters. The van der Waals surface area contributed by atoms with E-state index >= 15 is 0 Å². The molecule has 1 aromatic heterocycles. The summed E-state index contributed by atoms with van der Waals surface area (Å²) >= 11 is 1.58. The summed E-state index contributed by atoms with van der Waals surface area (Å²) in [6.45, 7) is 5.70.